The maximum atomic E-state index is 12.9. The zero-order chi connectivity index (χ0) is 33.0. The summed E-state index contributed by atoms with van der Waals surface area (Å²) in [4.78, 5) is 35.8. The third-order valence-corrected chi connectivity index (χ3v) is 7.83. The first-order chi connectivity index (χ1) is 21.9. The number of benzene rings is 3. The Morgan fingerprint density at radius 1 is 1.09 bits per heavy atom. The molecule has 1 unspecified atom stereocenters. The van der Waals surface area contributed by atoms with Crippen molar-refractivity contribution in [3.63, 3.8) is 0 Å². The van der Waals surface area contributed by atoms with Gasteiger partial charge in [0.05, 0.1) is 17.1 Å². The molecule has 0 bridgehead atoms. The second-order valence-corrected chi connectivity index (χ2v) is 11.8. The molecule has 3 amide bonds. The van der Waals surface area contributed by atoms with E-state index in [4.69, 9.17) is 0 Å². The summed E-state index contributed by atoms with van der Waals surface area (Å²) in [5.41, 5.74) is 4.83. The van der Waals surface area contributed by atoms with Crippen LogP contribution in [0, 0.1) is 6.92 Å². The van der Waals surface area contributed by atoms with Gasteiger partial charge < -0.3 is 10.1 Å². The highest BCUT2D eigenvalue weighted by Gasteiger charge is 2.33. The number of aryl methyl sites for hydroxylation is 1. The average Bonchev–Trinajstić information content (AvgIpc) is 3.62. The Morgan fingerprint density at radius 3 is 2.57 bits per heavy atom. The van der Waals surface area contributed by atoms with Crippen molar-refractivity contribution in [2.45, 2.75) is 46.0 Å². The van der Waals surface area contributed by atoms with Gasteiger partial charge in [-0.2, -0.15) is 4.99 Å². The van der Waals surface area contributed by atoms with Crippen LogP contribution in [0.25, 0.3) is 23.2 Å². The Kier molecular flexibility index (Phi) is 9.61. The SMILES string of the molecule is Cc1ccc(C(C)C)c(N2C(=O)CS/C2=N\C(=O)NC(C)/C=C/c2cccc(-c3ncn(-c4ccc(OC(F)(F)F)cc4)n3)c2)c1. The van der Waals surface area contributed by atoms with Crippen molar-refractivity contribution < 1.29 is 27.5 Å². The number of hydrogen-bond acceptors (Lipinski definition) is 6. The van der Waals surface area contributed by atoms with E-state index in [2.05, 4.69) is 39.0 Å². The fraction of sp³-hybridized carbons (Fsp3) is 0.242. The molecular formula is C33H31F3N6O3S. The molecule has 1 saturated heterocycles. The van der Waals surface area contributed by atoms with Crippen LogP contribution in [0.4, 0.5) is 23.7 Å². The zero-order valence-electron chi connectivity index (χ0n) is 25.4. The molecule has 3 aromatic carbocycles. The van der Waals surface area contributed by atoms with Crippen molar-refractivity contribution in [3.8, 4) is 22.8 Å². The molecule has 1 aromatic heterocycles. The largest absolute Gasteiger partial charge is 0.573 e. The lowest BCUT2D eigenvalue weighted by Crippen LogP contribution is -2.34. The maximum Gasteiger partial charge on any atom is 0.573 e. The molecule has 13 heteroatoms. The minimum atomic E-state index is -4.77. The van der Waals surface area contributed by atoms with Crippen molar-refractivity contribution in [1.82, 2.24) is 20.1 Å². The van der Waals surface area contributed by atoms with Crippen LogP contribution in [-0.2, 0) is 4.79 Å². The quantitative estimate of drug-likeness (QED) is 0.212. The van der Waals surface area contributed by atoms with Crippen molar-refractivity contribution >= 4 is 40.6 Å². The van der Waals surface area contributed by atoms with Crippen LogP contribution in [0.2, 0.25) is 0 Å². The highest BCUT2D eigenvalue weighted by atomic mass is 32.2. The third-order valence-electron chi connectivity index (χ3n) is 6.91. The average molecular weight is 649 g/mol. The van der Waals surface area contributed by atoms with E-state index in [9.17, 15) is 22.8 Å². The van der Waals surface area contributed by atoms with E-state index >= 15 is 0 Å². The number of rotatable bonds is 8. The molecule has 0 spiro atoms. The number of carbonyl (C=O) groups is 2. The molecule has 0 radical (unpaired) electrons. The fourth-order valence-corrected chi connectivity index (χ4v) is 5.59. The number of alkyl halides is 3. The summed E-state index contributed by atoms with van der Waals surface area (Å²) in [7, 11) is 0. The summed E-state index contributed by atoms with van der Waals surface area (Å²) in [6, 6.07) is 17.8. The van der Waals surface area contributed by atoms with Gasteiger partial charge in [-0.3, -0.25) is 9.69 Å². The Balaban J connectivity index is 1.24. The molecule has 4 aromatic rings. The molecule has 1 atom stereocenters. The van der Waals surface area contributed by atoms with Gasteiger partial charge in [-0.15, -0.1) is 18.3 Å². The lowest BCUT2D eigenvalue weighted by atomic mass is 9.99. The Labute approximate surface area is 268 Å². The number of aromatic nitrogens is 3. The van der Waals surface area contributed by atoms with Crippen LogP contribution < -0.4 is 15.0 Å². The van der Waals surface area contributed by atoms with Gasteiger partial charge in [-0.25, -0.2) is 14.5 Å². The number of amidine groups is 1. The fourth-order valence-electron chi connectivity index (χ4n) is 4.74. The van der Waals surface area contributed by atoms with Crippen molar-refractivity contribution in [2.75, 3.05) is 10.7 Å². The number of nitrogens with zero attached hydrogens (tertiary/aromatic N) is 5. The van der Waals surface area contributed by atoms with Crippen LogP contribution in [-0.4, -0.2) is 50.0 Å². The molecule has 5 rings (SSSR count). The smallest absolute Gasteiger partial charge is 0.406 e. The van der Waals surface area contributed by atoms with Gasteiger partial charge in [0.1, 0.15) is 12.1 Å². The standard InChI is InChI=1S/C33H31F3N6O3S/c1-20(2)27-15-8-21(3)16-28(27)42-29(43)18-46-32(42)39-31(44)38-22(4)9-10-23-6-5-7-24(17-23)30-37-19-41(40-30)25-11-13-26(14-12-25)45-33(34,35)36/h5-17,19-20,22H,18H2,1-4H3,(H,38,44)/b10-9+,39-32-. The van der Waals surface area contributed by atoms with Crippen LogP contribution >= 0.6 is 11.8 Å². The maximum absolute atomic E-state index is 12.9. The number of aliphatic imine (C=N–C) groups is 1. The van der Waals surface area contributed by atoms with E-state index in [0.717, 1.165) is 27.9 Å². The first-order valence-corrected chi connectivity index (χ1v) is 15.4. The van der Waals surface area contributed by atoms with E-state index in [1.54, 1.807) is 0 Å². The van der Waals surface area contributed by atoms with E-state index in [1.165, 1.54) is 51.9 Å². The molecule has 238 valence electrons. The first kappa shape index (κ1) is 32.5. The van der Waals surface area contributed by atoms with Crippen LogP contribution in [0.15, 0.2) is 84.1 Å². The van der Waals surface area contributed by atoms with Gasteiger partial charge in [0.15, 0.2) is 11.0 Å². The minimum absolute atomic E-state index is 0.121. The number of thioether (sulfide) groups is 1. The molecule has 46 heavy (non-hydrogen) atoms. The Bertz CT molecular complexity index is 1800. The van der Waals surface area contributed by atoms with Gasteiger partial charge in [-0.1, -0.05) is 68.1 Å². The van der Waals surface area contributed by atoms with Crippen molar-refractivity contribution in [1.29, 1.82) is 0 Å². The summed E-state index contributed by atoms with van der Waals surface area (Å²) in [5, 5.41) is 7.63. The minimum Gasteiger partial charge on any atom is -0.406 e. The summed E-state index contributed by atoms with van der Waals surface area (Å²) in [5.74, 6) is 0.363. The predicted octanol–water partition coefficient (Wildman–Crippen LogP) is 7.51. The lowest BCUT2D eigenvalue weighted by molar-refractivity contribution is -0.274. The second-order valence-electron chi connectivity index (χ2n) is 10.9. The molecule has 1 aliphatic rings. The van der Waals surface area contributed by atoms with Gasteiger partial charge in [0.2, 0.25) is 5.91 Å². The van der Waals surface area contributed by atoms with Gasteiger partial charge in [0.25, 0.3) is 0 Å². The number of nitrogens with one attached hydrogen (secondary N) is 1. The van der Waals surface area contributed by atoms with Crippen molar-refractivity contribution in [3.05, 3.63) is 95.8 Å². The van der Waals surface area contributed by atoms with Crippen LogP contribution in [0.5, 0.6) is 5.75 Å². The van der Waals surface area contributed by atoms with Gasteiger partial charge >= 0.3 is 12.4 Å². The topological polar surface area (TPSA) is 102 Å². The van der Waals surface area contributed by atoms with E-state index in [-0.39, 0.29) is 29.4 Å². The highest BCUT2D eigenvalue weighted by Crippen LogP contribution is 2.34. The summed E-state index contributed by atoms with van der Waals surface area (Å²) < 4.78 is 42.7. The van der Waals surface area contributed by atoms with E-state index in [0.29, 0.717) is 16.7 Å². The molecule has 0 aliphatic carbocycles. The monoisotopic (exact) mass is 648 g/mol. The van der Waals surface area contributed by atoms with Gasteiger partial charge in [0, 0.05) is 11.6 Å². The number of halogens is 3. The second kappa shape index (κ2) is 13.6. The number of carbonyl (C=O) groups excluding carboxylic acids is 2. The predicted molar refractivity (Wildman–Crippen MR) is 173 cm³/mol. The highest BCUT2D eigenvalue weighted by molar-refractivity contribution is 8.15. The zero-order valence-corrected chi connectivity index (χ0v) is 26.3. The first-order valence-electron chi connectivity index (χ1n) is 14.4. The molecule has 2 heterocycles. The number of ether oxygens (including phenoxy) is 1. The summed E-state index contributed by atoms with van der Waals surface area (Å²) in [6.07, 6.45) is 0.364. The van der Waals surface area contributed by atoms with Gasteiger partial charge in [-0.05, 0) is 72.9 Å². The number of hydrogen-bond donors (Lipinski definition) is 1. The van der Waals surface area contributed by atoms with Crippen LogP contribution in [0.1, 0.15) is 43.4 Å². The number of anilines is 1. The van der Waals surface area contributed by atoms with Crippen molar-refractivity contribution in [2.24, 2.45) is 4.99 Å². The summed E-state index contributed by atoms with van der Waals surface area (Å²) >= 11 is 1.23. The molecule has 1 aliphatic heterocycles. The summed E-state index contributed by atoms with van der Waals surface area (Å²) in [6.45, 7) is 7.89. The third kappa shape index (κ3) is 8.02. The lowest BCUT2D eigenvalue weighted by Gasteiger charge is -2.22. The molecule has 9 nitrogen and oxygen atoms in total. The normalized spacial score (nSPS) is 15.3. The van der Waals surface area contributed by atoms with Crippen LogP contribution in [0.3, 0.4) is 0 Å². The molecule has 1 N–H and O–H groups in total. The van der Waals surface area contributed by atoms with E-state index < -0.39 is 12.4 Å². The van der Waals surface area contributed by atoms with E-state index in [1.807, 2.05) is 68.5 Å². The molecular weight excluding hydrogens is 617 g/mol. The molecule has 1 fully saturated rings. The number of urea groups is 1. The Morgan fingerprint density at radius 2 is 1.85 bits per heavy atom. The molecule has 0 saturated carbocycles. The Hall–Kier alpha value is -4.91. The number of amides is 3.